The molecule has 0 aliphatic carbocycles. The number of hydrogen-bond acceptors (Lipinski definition) is 5. The Morgan fingerprint density at radius 1 is 0.935 bits per heavy atom. The number of hydrogen-bond donors (Lipinski definition) is 1. The first-order chi connectivity index (χ1) is 14.9. The maximum Gasteiger partial charge on any atom is 0.513 e. The highest BCUT2D eigenvalue weighted by Crippen LogP contribution is 2.45. The number of esters is 1. The van der Waals surface area contributed by atoms with Gasteiger partial charge in [0.25, 0.3) is 0 Å². The Labute approximate surface area is 190 Å². The highest BCUT2D eigenvalue weighted by atomic mass is 79.9. The lowest BCUT2D eigenvalue weighted by atomic mass is 10.1. The molecule has 0 fully saturated rings. The fourth-order valence-electron chi connectivity index (χ4n) is 2.81. The van der Waals surface area contributed by atoms with Crippen molar-refractivity contribution >= 4 is 29.6 Å². The topological polar surface area (TPSA) is 73.9 Å². The third-order valence-electron chi connectivity index (χ3n) is 4.37. The van der Waals surface area contributed by atoms with Crippen LogP contribution in [-0.2, 0) is 20.5 Å². The minimum absolute atomic E-state index is 0.248. The van der Waals surface area contributed by atoms with Crippen LogP contribution in [0, 0.1) is 6.92 Å². The molecule has 0 saturated heterocycles. The van der Waals surface area contributed by atoms with E-state index in [4.69, 9.17) is 13.8 Å². The second kappa shape index (κ2) is 10.6. The van der Waals surface area contributed by atoms with E-state index < -0.39 is 19.8 Å². The molecule has 0 amide bonds. The summed E-state index contributed by atoms with van der Waals surface area (Å²) in [5.41, 5.74) is 1.90. The van der Waals surface area contributed by atoms with Crippen molar-refractivity contribution in [2.24, 2.45) is 0 Å². The molecule has 0 aromatic heterocycles. The van der Waals surface area contributed by atoms with Crippen molar-refractivity contribution in [2.45, 2.75) is 19.4 Å². The maximum absolute atomic E-state index is 13.8. The number of methoxy groups -OCH3 is 1. The third kappa shape index (κ3) is 6.96. The average molecular weight is 504 g/mol. The molecule has 3 aromatic carbocycles. The van der Waals surface area contributed by atoms with Crippen molar-refractivity contribution < 1.29 is 23.1 Å². The number of rotatable bonds is 9. The van der Waals surface area contributed by atoms with Gasteiger partial charge in [0, 0.05) is 4.47 Å². The van der Waals surface area contributed by atoms with Crippen molar-refractivity contribution in [3.63, 3.8) is 0 Å². The van der Waals surface area contributed by atoms with Crippen molar-refractivity contribution in [3.8, 4) is 11.5 Å². The van der Waals surface area contributed by atoms with Gasteiger partial charge in [0.15, 0.2) is 0 Å². The summed E-state index contributed by atoms with van der Waals surface area (Å²) in [4.78, 5) is 12.5. The van der Waals surface area contributed by atoms with E-state index in [0.29, 0.717) is 11.5 Å². The zero-order valence-corrected chi connectivity index (χ0v) is 19.6. The summed E-state index contributed by atoms with van der Waals surface area (Å²) in [5, 5.41) is 2.78. The van der Waals surface area contributed by atoms with E-state index >= 15 is 0 Å². The summed E-state index contributed by atoms with van der Waals surface area (Å²) >= 11 is 3.36. The number of aryl methyl sites for hydroxylation is 1. The Balaban J connectivity index is 1.90. The van der Waals surface area contributed by atoms with Gasteiger partial charge >= 0.3 is 13.7 Å². The van der Waals surface area contributed by atoms with Gasteiger partial charge in [0.1, 0.15) is 17.5 Å². The lowest BCUT2D eigenvalue weighted by Gasteiger charge is -2.24. The monoisotopic (exact) mass is 503 g/mol. The zero-order chi connectivity index (χ0) is 22.3. The van der Waals surface area contributed by atoms with E-state index in [2.05, 4.69) is 21.0 Å². The molecule has 0 aliphatic heterocycles. The minimum Gasteiger partial charge on any atom is -0.468 e. The second-order valence-electron chi connectivity index (χ2n) is 6.84. The molecular weight excluding hydrogens is 481 g/mol. The Morgan fingerprint density at radius 2 is 1.48 bits per heavy atom. The first-order valence-corrected chi connectivity index (χ1v) is 11.9. The number of carbonyl (C=O) groups is 1. The lowest BCUT2D eigenvalue weighted by Crippen LogP contribution is -2.39. The highest BCUT2D eigenvalue weighted by molar-refractivity contribution is 9.10. The molecule has 31 heavy (non-hydrogen) atoms. The fraction of sp³-hybridized carbons (Fsp3) is 0.174. The van der Waals surface area contributed by atoms with E-state index in [1.165, 1.54) is 7.11 Å². The molecule has 1 unspecified atom stereocenters. The molecule has 3 aromatic rings. The van der Waals surface area contributed by atoms with Gasteiger partial charge in [-0.2, -0.15) is 5.09 Å². The molecule has 0 aliphatic rings. The van der Waals surface area contributed by atoms with Gasteiger partial charge in [-0.15, -0.1) is 0 Å². The van der Waals surface area contributed by atoms with Gasteiger partial charge in [-0.05, 0) is 55.3 Å². The first kappa shape index (κ1) is 23.1. The Kier molecular flexibility index (Phi) is 7.91. The van der Waals surface area contributed by atoms with E-state index in [1.807, 2.05) is 49.4 Å². The highest BCUT2D eigenvalue weighted by Gasteiger charge is 2.35. The van der Waals surface area contributed by atoms with Gasteiger partial charge in [0.05, 0.1) is 7.11 Å². The second-order valence-corrected chi connectivity index (χ2v) is 9.38. The van der Waals surface area contributed by atoms with Gasteiger partial charge in [0.2, 0.25) is 0 Å². The molecule has 0 bridgehead atoms. The Bertz CT molecular complexity index is 990. The average Bonchev–Trinajstić information content (AvgIpc) is 2.77. The maximum atomic E-state index is 13.8. The van der Waals surface area contributed by atoms with Gasteiger partial charge < -0.3 is 13.8 Å². The number of carbonyl (C=O) groups excluding carboxylic acids is 1. The fourth-order valence-corrected chi connectivity index (χ4v) is 4.59. The van der Waals surface area contributed by atoms with Crippen LogP contribution in [0.25, 0.3) is 0 Å². The molecule has 162 valence electrons. The molecule has 6 nitrogen and oxygen atoms in total. The number of ether oxygens (including phenoxy) is 1. The Morgan fingerprint density at radius 3 is 2.03 bits per heavy atom. The predicted octanol–water partition coefficient (Wildman–Crippen LogP) is 5.70. The molecule has 2 atom stereocenters. The van der Waals surface area contributed by atoms with Crippen LogP contribution in [0.1, 0.15) is 11.1 Å². The first-order valence-electron chi connectivity index (χ1n) is 9.58. The van der Waals surface area contributed by atoms with Crippen LogP contribution in [-0.4, -0.2) is 19.1 Å². The van der Waals surface area contributed by atoms with Crippen molar-refractivity contribution in [1.29, 1.82) is 0 Å². The number of benzene rings is 3. The van der Waals surface area contributed by atoms with Crippen LogP contribution in [0.3, 0.4) is 0 Å². The van der Waals surface area contributed by atoms with Crippen LogP contribution in [0.5, 0.6) is 11.5 Å². The minimum atomic E-state index is -4.02. The summed E-state index contributed by atoms with van der Waals surface area (Å²) in [7, 11) is -2.74. The van der Waals surface area contributed by atoms with E-state index in [1.54, 1.807) is 36.4 Å². The summed E-state index contributed by atoms with van der Waals surface area (Å²) in [6.07, 6.45) is 0.248. The molecule has 0 heterocycles. The van der Waals surface area contributed by atoms with Crippen molar-refractivity contribution in [1.82, 2.24) is 5.09 Å². The van der Waals surface area contributed by atoms with Crippen LogP contribution in [0.15, 0.2) is 83.3 Å². The van der Waals surface area contributed by atoms with Gasteiger partial charge in [-0.25, -0.2) is 4.57 Å². The van der Waals surface area contributed by atoms with Crippen LogP contribution >= 0.6 is 23.7 Å². The molecule has 0 spiro atoms. The summed E-state index contributed by atoms with van der Waals surface area (Å²) in [6, 6.07) is 22.3. The molecule has 0 saturated carbocycles. The summed E-state index contributed by atoms with van der Waals surface area (Å²) < 4.78 is 31.0. The van der Waals surface area contributed by atoms with Crippen LogP contribution < -0.4 is 14.1 Å². The lowest BCUT2D eigenvalue weighted by molar-refractivity contribution is -0.142. The number of nitrogens with one attached hydrogen (secondary N) is 1. The molecular formula is C23H23BrNO5P. The van der Waals surface area contributed by atoms with E-state index in [-0.39, 0.29) is 6.42 Å². The quantitative estimate of drug-likeness (QED) is 0.298. The van der Waals surface area contributed by atoms with Gasteiger partial charge in [-0.3, -0.25) is 4.79 Å². The van der Waals surface area contributed by atoms with Gasteiger partial charge in [-0.1, -0.05) is 64.0 Å². The SMILES string of the molecule is COC(=O)[C@H](Cc1ccccc1)NP(=O)(Oc1ccc(C)cc1)Oc1ccc(Br)cc1. The molecule has 3 rings (SSSR count). The summed E-state index contributed by atoms with van der Waals surface area (Å²) in [5.74, 6) is 0.104. The third-order valence-corrected chi connectivity index (χ3v) is 6.43. The molecule has 1 N–H and O–H groups in total. The van der Waals surface area contributed by atoms with E-state index in [9.17, 15) is 9.36 Å². The van der Waals surface area contributed by atoms with Crippen LogP contribution in [0.2, 0.25) is 0 Å². The number of halogens is 1. The van der Waals surface area contributed by atoms with Crippen molar-refractivity contribution in [2.75, 3.05) is 7.11 Å². The Hall–Kier alpha value is -2.60. The van der Waals surface area contributed by atoms with Crippen molar-refractivity contribution in [3.05, 3.63) is 94.5 Å². The molecule has 8 heteroatoms. The smallest absolute Gasteiger partial charge is 0.468 e. The summed E-state index contributed by atoms with van der Waals surface area (Å²) in [6.45, 7) is 1.94. The standard InChI is InChI=1S/C23H23BrNO5P/c1-17-8-12-20(13-9-17)29-31(27,30-21-14-10-19(24)11-15-21)25-22(23(26)28-2)16-18-6-4-3-5-7-18/h3-15,22H,16H2,1-2H3,(H,25,27)/t22-,31?/m0/s1. The largest absolute Gasteiger partial charge is 0.513 e. The zero-order valence-electron chi connectivity index (χ0n) is 17.2. The predicted molar refractivity (Wildman–Crippen MR) is 123 cm³/mol. The normalized spacial score (nSPS) is 13.6. The molecule has 0 radical (unpaired) electrons. The van der Waals surface area contributed by atoms with Crippen LogP contribution in [0.4, 0.5) is 0 Å². The van der Waals surface area contributed by atoms with E-state index in [0.717, 1.165) is 15.6 Å².